The fourth-order valence-electron chi connectivity index (χ4n) is 2.47. The second kappa shape index (κ2) is 12.2. The van der Waals surface area contributed by atoms with E-state index < -0.39 is 0 Å². The average Bonchev–Trinajstić information content (AvgIpc) is 3.28. The molecule has 0 aliphatic rings. The summed E-state index contributed by atoms with van der Waals surface area (Å²) < 4.78 is 0. The van der Waals surface area contributed by atoms with Crippen LogP contribution in [-0.4, -0.2) is 45.5 Å². The zero-order valence-electron chi connectivity index (χ0n) is 14.3. The first kappa shape index (κ1) is 18.1. The number of H-pyrrole nitrogens is 2. The van der Waals surface area contributed by atoms with E-state index in [9.17, 15) is 0 Å². The number of rotatable bonds is 13. The minimum Gasteiger partial charge on any atom is -0.344 e. The number of hydrogen-bond donors (Lipinski definition) is 2. The Morgan fingerprint density at radius 3 is 1.46 bits per heavy atom. The molecule has 6 heteroatoms. The first-order valence-electron chi connectivity index (χ1n) is 8.93. The number of aromatic nitrogens is 4. The molecule has 0 saturated carbocycles. The van der Waals surface area contributed by atoms with E-state index >= 15 is 0 Å². The molecule has 0 saturated heterocycles. The molecule has 2 N–H and O–H groups in total. The molecule has 24 heavy (non-hydrogen) atoms. The van der Waals surface area contributed by atoms with Crippen LogP contribution in [0.1, 0.15) is 63.0 Å². The topological polar surface area (TPSA) is 82.1 Å². The van der Waals surface area contributed by atoms with Crippen LogP contribution in [0.3, 0.4) is 0 Å². The van der Waals surface area contributed by atoms with Crippen LogP contribution in [-0.2, 0) is 0 Å². The van der Waals surface area contributed by atoms with Crippen molar-refractivity contribution in [1.29, 1.82) is 0 Å². The van der Waals surface area contributed by atoms with Crippen molar-refractivity contribution in [3.8, 4) is 0 Å². The minimum atomic E-state index is 0.837. The lowest BCUT2D eigenvalue weighted by atomic mass is 10.1. The van der Waals surface area contributed by atoms with Crippen LogP contribution in [0.4, 0.5) is 0 Å². The van der Waals surface area contributed by atoms with E-state index in [1.807, 2.05) is 24.8 Å². The second-order valence-electron chi connectivity index (χ2n) is 5.85. The summed E-state index contributed by atoms with van der Waals surface area (Å²) in [6, 6.07) is 0. The molecular formula is C18H28N6. The Morgan fingerprint density at radius 1 is 0.667 bits per heavy atom. The summed E-state index contributed by atoms with van der Waals surface area (Å²) in [5.74, 6) is 1.67. The molecule has 2 aromatic rings. The summed E-state index contributed by atoms with van der Waals surface area (Å²) >= 11 is 0. The molecule has 0 unspecified atom stereocenters. The third-order valence-electron chi connectivity index (χ3n) is 3.79. The van der Waals surface area contributed by atoms with Gasteiger partial charge in [0, 0.05) is 37.9 Å². The molecule has 0 bridgehead atoms. The summed E-state index contributed by atoms with van der Waals surface area (Å²) in [6.07, 6.45) is 20.9. The predicted octanol–water partition coefficient (Wildman–Crippen LogP) is 3.79. The van der Waals surface area contributed by atoms with Gasteiger partial charge >= 0.3 is 0 Å². The Morgan fingerprint density at radius 2 is 1.08 bits per heavy atom. The maximum Gasteiger partial charge on any atom is 0.147 e. The van der Waals surface area contributed by atoms with Crippen LogP contribution in [0.2, 0.25) is 0 Å². The van der Waals surface area contributed by atoms with E-state index in [0.29, 0.717) is 0 Å². The van der Waals surface area contributed by atoms with Crippen molar-refractivity contribution in [2.45, 2.75) is 51.4 Å². The van der Waals surface area contributed by atoms with Gasteiger partial charge in [-0.05, 0) is 12.8 Å². The van der Waals surface area contributed by atoms with Crippen LogP contribution in [0.15, 0.2) is 34.8 Å². The van der Waals surface area contributed by atoms with E-state index in [1.165, 1.54) is 51.4 Å². The number of hydrogen-bond acceptors (Lipinski definition) is 4. The number of unbranched alkanes of at least 4 members (excludes halogenated alkanes) is 7. The van der Waals surface area contributed by atoms with Crippen LogP contribution in [0.5, 0.6) is 0 Å². The fourth-order valence-corrected chi connectivity index (χ4v) is 2.47. The average molecular weight is 328 g/mol. The van der Waals surface area contributed by atoms with Gasteiger partial charge in [-0.1, -0.05) is 38.5 Å². The van der Waals surface area contributed by atoms with Crippen molar-refractivity contribution in [2.75, 3.05) is 13.1 Å². The molecule has 0 radical (unpaired) electrons. The highest BCUT2D eigenvalue weighted by atomic mass is 14.9. The standard InChI is InChI=1S/C18H28N6/c1(3-5-7-9-19-15-17-21-11-12-22-17)2-4-6-8-10-20-16-18-23-13-14-24-18/h11-16H,1-10H2,(H,21,22)(H,23,24). The quantitative estimate of drug-likeness (QED) is 0.433. The number of imidazole rings is 2. The first-order chi connectivity index (χ1) is 11.9. The molecule has 0 aliphatic carbocycles. The van der Waals surface area contributed by atoms with Gasteiger partial charge in [-0.2, -0.15) is 0 Å². The van der Waals surface area contributed by atoms with E-state index in [1.54, 1.807) is 12.4 Å². The van der Waals surface area contributed by atoms with Gasteiger partial charge in [-0.15, -0.1) is 0 Å². The molecule has 2 rings (SSSR count). The van der Waals surface area contributed by atoms with Crippen LogP contribution < -0.4 is 0 Å². The fraction of sp³-hybridized carbons (Fsp3) is 0.556. The Balaban J connectivity index is 1.32. The minimum absolute atomic E-state index is 0.837. The Hall–Kier alpha value is -2.24. The lowest BCUT2D eigenvalue weighted by molar-refractivity contribution is 0.573. The molecule has 6 nitrogen and oxygen atoms in total. The van der Waals surface area contributed by atoms with Crippen LogP contribution in [0.25, 0.3) is 0 Å². The Bertz CT molecular complexity index is 504. The summed E-state index contributed by atoms with van der Waals surface area (Å²) in [5, 5.41) is 0. The first-order valence-corrected chi connectivity index (χ1v) is 8.93. The van der Waals surface area contributed by atoms with Crippen molar-refractivity contribution in [2.24, 2.45) is 9.98 Å². The molecule has 0 spiro atoms. The van der Waals surface area contributed by atoms with Crippen molar-refractivity contribution >= 4 is 12.4 Å². The summed E-state index contributed by atoms with van der Waals surface area (Å²) in [7, 11) is 0. The van der Waals surface area contributed by atoms with E-state index in [-0.39, 0.29) is 0 Å². The molecular weight excluding hydrogens is 300 g/mol. The Labute approximate surface area is 144 Å². The van der Waals surface area contributed by atoms with Gasteiger partial charge in [-0.3, -0.25) is 9.98 Å². The molecule has 0 aliphatic heterocycles. The third kappa shape index (κ3) is 8.41. The van der Waals surface area contributed by atoms with Gasteiger partial charge < -0.3 is 9.97 Å². The maximum atomic E-state index is 4.37. The van der Waals surface area contributed by atoms with Crippen molar-refractivity contribution in [1.82, 2.24) is 19.9 Å². The molecule has 2 heterocycles. The smallest absolute Gasteiger partial charge is 0.147 e. The molecule has 0 fully saturated rings. The van der Waals surface area contributed by atoms with Crippen molar-refractivity contribution in [3.63, 3.8) is 0 Å². The van der Waals surface area contributed by atoms with Crippen molar-refractivity contribution < 1.29 is 0 Å². The SMILES string of the molecule is C(=NCCCCCCCCCCN=Cc1ncc[nH]1)c1ncc[nH]1. The van der Waals surface area contributed by atoms with Crippen LogP contribution >= 0.6 is 0 Å². The summed E-state index contributed by atoms with van der Waals surface area (Å²) in [5.41, 5.74) is 0. The maximum absolute atomic E-state index is 4.37. The normalized spacial score (nSPS) is 11.8. The zero-order chi connectivity index (χ0) is 16.7. The number of aliphatic imine (C=N–C) groups is 2. The predicted molar refractivity (Wildman–Crippen MR) is 99.0 cm³/mol. The number of nitrogens with zero attached hydrogens (tertiary/aromatic N) is 4. The monoisotopic (exact) mass is 328 g/mol. The van der Waals surface area contributed by atoms with Gasteiger partial charge in [0.05, 0.1) is 12.4 Å². The van der Waals surface area contributed by atoms with E-state index in [4.69, 9.17) is 0 Å². The lowest BCUT2D eigenvalue weighted by Gasteiger charge is -2.00. The third-order valence-corrected chi connectivity index (χ3v) is 3.79. The largest absolute Gasteiger partial charge is 0.344 e. The molecule has 2 aromatic heterocycles. The van der Waals surface area contributed by atoms with Gasteiger partial charge in [0.2, 0.25) is 0 Å². The number of aromatic amines is 2. The second-order valence-corrected chi connectivity index (χ2v) is 5.85. The Kier molecular flexibility index (Phi) is 9.21. The van der Waals surface area contributed by atoms with Gasteiger partial charge in [0.1, 0.15) is 11.6 Å². The van der Waals surface area contributed by atoms with Gasteiger partial charge in [-0.25, -0.2) is 9.97 Å². The number of nitrogens with one attached hydrogen (secondary N) is 2. The van der Waals surface area contributed by atoms with Crippen molar-refractivity contribution in [3.05, 3.63) is 36.4 Å². The van der Waals surface area contributed by atoms with Gasteiger partial charge in [0.25, 0.3) is 0 Å². The summed E-state index contributed by atoms with van der Waals surface area (Å²) in [6.45, 7) is 1.79. The van der Waals surface area contributed by atoms with E-state index in [2.05, 4.69) is 29.9 Å². The van der Waals surface area contributed by atoms with Gasteiger partial charge in [0.15, 0.2) is 0 Å². The highest BCUT2D eigenvalue weighted by molar-refractivity contribution is 5.74. The molecule has 130 valence electrons. The zero-order valence-corrected chi connectivity index (χ0v) is 14.3. The van der Waals surface area contributed by atoms with E-state index in [0.717, 1.165) is 24.7 Å². The highest BCUT2D eigenvalue weighted by Crippen LogP contribution is 2.08. The van der Waals surface area contributed by atoms with Crippen LogP contribution in [0, 0.1) is 0 Å². The lowest BCUT2D eigenvalue weighted by Crippen LogP contribution is -1.89. The summed E-state index contributed by atoms with van der Waals surface area (Å²) in [4.78, 5) is 23.0. The molecule has 0 aromatic carbocycles. The molecule has 0 amide bonds. The highest BCUT2D eigenvalue weighted by Gasteiger charge is 1.93. The molecule has 0 atom stereocenters.